The van der Waals surface area contributed by atoms with E-state index in [0.717, 1.165) is 16.9 Å². The van der Waals surface area contributed by atoms with Crippen molar-refractivity contribution in [2.24, 2.45) is 0 Å². The molecule has 1 atom stereocenters. The minimum absolute atomic E-state index is 0.120. The van der Waals surface area contributed by atoms with Crippen molar-refractivity contribution in [3.8, 4) is 0 Å². The molecule has 6 nitrogen and oxygen atoms in total. The molecule has 2 heterocycles. The number of anilines is 3. The van der Waals surface area contributed by atoms with Gasteiger partial charge in [0.15, 0.2) is 9.84 Å². The van der Waals surface area contributed by atoms with Gasteiger partial charge in [-0.3, -0.25) is 0 Å². The topological polar surface area (TPSA) is 84.0 Å². The summed E-state index contributed by atoms with van der Waals surface area (Å²) in [7, 11) is -2.93. The predicted molar refractivity (Wildman–Crippen MR) is 96.6 cm³/mol. The average molecular weight is 346 g/mol. The third-order valence-electron chi connectivity index (χ3n) is 4.06. The number of aryl methyl sites for hydroxylation is 3. The zero-order chi connectivity index (χ0) is 17.3. The van der Waals surface area contributed by atoms with E-state index in [9.17, 15) is 8.42 Å². The van der Waals surface area contributed by atoms with E-state index < -0.39 is 9.84 Å². The van der Waals surface area contributed by atoms with Gasteiger partial charge in [-0.25, -0.2) is 13.4 Å². The van der Waals surface area contributed by atoms with Crippen LogP contribution in [-0.2, 0) is 9.84 Å². The SMILES string of the molecule is Cc1ccc(Nc2cc(C)nc(NC3CCS(=O)(=O)C3)n2)c(C)c1. The van der Waals surface area contributed by atoms with Gasteiger partial charge in [0.1, 0.15) is 5.82 Å². The highest BCUT2D eigenvalue weighted by molar-refractivity contribution is 7.91. The highest BCUT2D eigenvalue weighted by Gasteiger charge is 2.28. The maximum atomic E-state index is 11.6. The molecule has 24 heavy (non-hydrogen) atoms. The Labute approximate surface area is 142 Å². The zero-order valence-corrected chi connectivity index (χ0v) is 14.9. The van der Waals surface area contributed by atoms with Crippen molar-refractivity contribution in [1.82, 2.24) is 9.97 Å². The number of nitrogens with one attached hydrogen (secondary N) is 2. The summed E-state index contributed by atoms with van der Waals surface area (Å²) in [5.41, 5.74) is 4.16. The first-order valence-electron chi connectivity index (χ1n) is 7.98. The Bertz CT molecular complexity index is 865. The molecular weight excluding hydrogens is 324 g/mol. The van der Waals surface area contributed by atoms with Crippen LogP contribution in [0.1, 0.15) is 23.2 Å². The Kier molecular flexibility index (Phi) is 4.45. The van der Waals surface area contributed by atoms with E-state index in [-0.39, 0.29) is 17.5 Å². The summed E-state index contributed by atoms with van der Waals surface area (Å²) in [4.78, 5) is 8.84. The maximum absolute atomic E-state index is 11.6. The second kappa shape index (κ2) is 6.39. The summed E-state index contributed by atoms with van der Waals surface area (Å²) in [5.74, 6) is 1.52. The molecule has 7 heteroatoms. The number of rotatable bonds is 4. The Hall–Kier alpha value is -2.15. The van der Waals surface area contributed by atoms with Gasteiger partial charge in [-0.15, -0.1) is 0 Å². The van der Waals surface area contributed by atoms with Crippen molar-refractivity contribution < 1.29 is 8.42 Å². The Morgan fingerprint density at radius 1 is 1.12 bits per heavy atom. The van der Waals surface area contributed by atoms with Gasteiger partial charge in [0.05, 0.1) is 11.5 Å². The number of nitrogens with zero attached hydrogens (tertiary/aromatic N) is 2. The van der Waals surface area contributed by atoms with Gasteiger partial charge in [-0.2, -0.15) is 4.98 Å². The smallest absolute Gasteiger partial charge is 0.225 e. The molecule has 1 aromatic heterocycles. The Morgan fingerprint density at radius 2 is 1.92 bits per heavy atom. The molecular formula is C17H22N4O2S. The summed E-state index contributed by atoms with van der Waals surface area (Å²) in [6, 6.07) is 7.94. The molecule has 2 aromatic rings. The summed E-state index contributed by atoms with van der Waals surface area (Å²) < 4.78 is 23.2. The zero-order valence-electron chi connectivity index (χ0n) is 14.1. The molecule has 2 N–H and O–H groups in total. The van der Waals surface area contributed by atoms with Crippen molar-refractivity contribution in [2.75, 3.05) is 22.1 Å². The van der Waals surface area contributed by atoms with Gasteiger partial charge in [0.25, 0.3) is 0 Å². The van der Waals surface area contributed by atoms with E-state index in [4.69, 9.17) is 0 Å². The molecule has 0 amide bonds. The van der Waals surface area contributed by atoms with Crippen molar-refractivity contribution in [1.29, 1.82) is 0 Å². The van der Waals surface area contributed by atoms with Gasteiger partial charge >= 0.3 is 0 Å². The van der Waals surface area contributed by atoms with E-state index in [0.29, 0.717) is 18.2 Å². The Balaban J connectivity index is 1.79. The Morgan fingerprint density at radius 3 is 2.58 bits per heavy atom. The third kappa shape index (κ3) is 4.03. The van der Waals surface area contributed by atoms with Gasteiger partial charge in [-0.1, -0.05) is 17.7 Å². The molecule has 3 rings (SSSR count). The van der Waals surface area contributed by atoms with Gasteiger partial charge in [0, 0.05) is 23.5 Å². The van der Waals surface area contributed by atoms with E-state index in [1.165, 1.54) is 5.56 Å². The fraction of sp³-hybridized carbons (Fsp3) is 0.412. The second-order valence-electron chi connectivity index (χ2n) is 6.41. The van der Waals surface area contributed by atoms with Crippen LogP contribution in [0.4, 0.5) is 17.5 Å². The standard InChI is InChI=1S/C17H22N4O2S/c1-11-4-5-15(12(2)8-11)20-16-9-13(3)18-17(21-16)19-14-6-7-24(22,23)10-14/h4-5,8-9,14H,6-7,10H2,1-3H3,(H2,18,19,20,21). The van der Waals surface area contributed by atoms with Crippen molar-refractivity contribution >= 4 is 27.3 Å². The van der Waals surface area contributed by atoms with E-state index >= 15 is 0 Å². The first-order valence-corrected chi connectivity index (χ1v) is 9.80. The van der Waals surface area contributed by atoms with Crippen molar-refractivity contribution in [3.05, 3.63) is 41.1 Å². The first-order chi connectivity index (χ1) is 11.3. The number of sulfone groups is 1. The molecule has 0 aliphatic carbocycles. The normalized spacial score (nSPS) is 19.2. The molecule has 0 radical (unpaired) electrons. The van der Waals surface area contributed by atoms with Crippen LogP contribution in [0.3, 0.4) is 0 Å². The average Bonchev–Trinajstić information content (AvgIpc) is 2.80. The minimum atomic E-state index is -2.93. The summed E-state index contributed by atoms with van der Waals surface area (Å²) >= 11 is 0. The maximum Gasteiger partial charge on any atom is 0.225 e. The number of aromatic nitrogens is 2. The third-order valence-corrected chi connectivity index (χ3v) is 5.83. The lowest BCUT2D eigenvalue weighted by molar-refractivity contribution is 0.602. The molecule has 1 saturated heterocycles. The monoisotopic (exact) mass is 346 g/mol. The van der Waals surface area contributed by atoms with Crippen LogP contribution in [0.5, 0.6) is 0 Å². The molecule has 1 fully saturated rings. The summed E-state index contributed by atoms with van der Waals surface area (Å²) in [6.07, 6.45) is 0.597. The van der Waals surface area contributed by atoms with Crippen molar-refractivity contribution in [2.45, 2.75) is 33.2 Å². The molecule has 1 unspecified atom stereocenters. The van der Waals surface area contributed by atoms with Crippen LogP contribution >= 0.6 is 0 Å². The molecule has 0 bridgehead atoms. The highest BCUT2D eigenvalue weighted by atomic mass is 32.2. The summed E-state index contributed by atoms with van der Waals surface area (Å²) in [5, 5.41) is 6.46. The number of hydrogen-bond donors (Lipinski definition) is 2. The minimum Gasteiger partial charge on any atom is -0.350 e. The lowest BCUT2D eigenvalue weighted by Crippen LogP contribution is -2.22. The molecule has 1 aliphatic rings. The van der Waals surface area contributed by atoms with Crippen LogP contribution < -0.4 is 10.6 Å². The lowest BCUT2D eigenvalue weighted by atomic mass is 10.1. The van der Waals surface area contributed by atoms with Crippen LogP contribution in [0.25, 0.3) is 0 Å². The molecule has 1 aromatic carbocycles. The summed E-state index contributed by atoms with van der Waals surface area (Å²) in [6.45, 7) is 6.00. The van der Waals surface area contributed by atoms with Crippen molar-refractivity contribution in [3.63, 3.8) is 0 Å². The molecule has 1 aliphatic heterocycles. The van der Waals surface area contributed by atoms with E-state index in [2.05, 4.69) is 33.6 Å². The second-order valence-corrected chi connectivity index (χ2v) is 8.63. The number of hydrogen-bond acceptors (Lipinski definition) is 6. The fourth-order valence-corrected chi connectivity index (χ4v) is 4.55. The van der Waals surface area contributed by atoms with Gasteiger partial charge in [-0.05, 0) is 38.8 Å². The first kappa shape index (κ1) is 16.7. The van der Waals surface area contributed by atoms with Crippen LogP contribution in [0.15, 0.2) is 24.3 Å². The quantitative estimate of drug-likeness (QED) is 0.885. The highest BCUT2D eigenvalue weighted by Crippen LogP contribution is 2.22. The largest absolute Gasteiger partial charge is 0.350 e. The van der Waals surface area contributed by atoms with Crippen LogP contribution in [0.2, 0.25) is 0 Å². The number of benzene rings is 1. The van der Waals surface area contributed by atoms with E-state index in [1.54, 1.807) is 0 Å². The fourth-order valence-electron chi connectivity index (χ4n) is 2.88. The van der Waals surface area contributed by atoms with Gasteiger partial charge < -0.3 is 10.6 Å². The van der Waals surface area contributed by atoms with Crippen LogP contribution in [-0.4, -0.2) is 35.9 Å². The van der Waals surface area contributed by atoms with E-state index in [1.807, 2.05) is 32.0 Å². The van der Waals surface area contributed by atoms with Crippen LogP contribution in [0, 0.1) is 20.8 Å². The lowest BCUT2D eigenvalue weighted by Gasteiger charge is -2.14. The molecule has 0 saturated carbocycles. The molecule has 128 valence electrons. The van der Waals surface area contributed by atoms with Gasteiger partial charge in [0.2, 0.25) is 5.95 Å². The molecule has 0 spiro atoms. The predicted octanol–water partition coefficient (Wildman–Crippen LogP) is 2.74.